The zero-order valence-corrected chi connectivity index (χ0v) is 21.1. The Morgan fingerprint density at radius 3 is 2.27 bits per heavy atom. The number of phenolic OH excluding ortho intramolecular Hbond substituents is 1. The highest BCUT2D eigenvalue weighted by Crippen LogP contribution is 2.63. The number of fused-ring (bicyclic) bond motifs is 1. The molecule has 196 valence electrons. The van der Waals surface area contributed by atoms with Crippen LogP contribution in [-0.4, -0.2) is 30.9 Å². The lowest BCUT2D eigenvalue weighted by atomic mass is 9.72. The summed E-state index contributed by atoms with van der Waals surface area (Å²) < 4.78 is 58.7. The Morgan fingerprint density at radius 1 is 1.05 bits per heavy atom. The number of ether oxygens (including phenoxy) is 2. The zero-order valence-electron chi connectivity index (χ0n) is 21.1. The number of phenols is 1. The van der Waals surface area contributed by atoms with E-state index in [9.17, 15) is 14.3 Å². The van der Waals surface area contributed by atoms with Gasteiger partial charge in [0, 0.05) is 24.8 Å². The van der Waals surface area contributed by atoms with Crippen molar-refractivity contribution in [3.05, 3.63) is 88.7 Å². The van der Waals surface area contributed by atoms with Crippen molar-refractivity contribution in [1.29, 1.82) is 0 Å². The third-order valence-electron chi connectivity index (χ3n) is 7.47. The van der Waals surface area contributed by atoms with Crippen molar-refractivity contribution in [3.8, 4) is 17.2 Å². The lowest BCUT2D eigenvalue weighted by Crippen LogP contribution is -2.46. The molecule has 0 heterocycles. The third kappa shape index (κ3) is 4.49. The minimum atomic E-state index is -2.63. The number of carbonyl (C=O) groups is 1. The van der Waals surface area contributed by atoms with E-state index in [1.165, 1.54) is 39.3 Å². The van der Waals surface area contributed by atoms with Gasteiger partial charge in [0.2, 0.25) is 11.7 Å². The molecule has 4 rings (SSSR count). The molecule has 8 heteroatoms. The molecular formula is C29H30F3NO4. The van der Waals surface area contributed by atoms with E-state index in [2.05, 4.69) is 5.32 Å². The van der Waals surface area contributed by atoms with Crippen LogP contribution in [0.5, 0.6) is 17.2 Å². The first-order valence-electron chi connectivity index (χ1n) is 12.0. The van der Waals surface area contributed by atoms with Crippen molar-refractivity contribution >= 4 is 5.91 Å². The maximum absolute atomic E-state index is 17.2. The van der Waals surface area contributed by atoms with Crippen molar-refractivity contribution < 1.29 is 32.5 Å². The van der Waals surface area contributed by atoms with Crippen molar-refractivity contribution in [3.63, 3.8) is 0 Å². The number of methoxy groups -OCH3 is 2. The van der Waals surface area contributed by atoms with E-state index >= 15 is 8.78 Å². The zero-order chi connectivity index (χ0) is 27.0. The average Bonchev–Trinajstić information content (AvgIpc) is 3.05. The van der Waals surface area contributed by atoms with Crippen LogP contribution in [0, 0.1) is 5.82 Å². The monoisotopic (exact) mass is 513 g/mol. The topological polar surface area (TPSA) is 67.8 Å². The summed E-state index contributed by atoms with van der Waals surface area (Å²) in [6.07, 6.45) is -0.364. The average molecular weight is 514 g/mol. The van der Waals surface area contributed by atoms with Crippen LogP contribution in [0.4, 0.5) is 13.2 Å². The molecule has 0 spiro atoms. The Balaban J connectivity index is 1.72. The number of aromatic hydroxyl groups is 1. The van der Waals surface area contributed by atoms with Gasteiger partial charge in [-0.05, 0) is 53.4 Å². The lowest BCUT2D eigenvalue weighted by molar-refractivity contribution is -0.124. The van der Waals surface area contributed by atoms with E-state index < -0.39 is 34.9 Å². The summed E-state index contributed by atoms with van der Waals surface area (Å²) in [4.78, 5) is 12.9. The molecular weight excluding hydrogens is 483 g/mol. The van der Waals surface area contributed by atoms with E-state index in [1.54, 1.807) is 0 Å². The van der Waals surface area contributed by atoms with E-state index in [-0.39, 0.29) is 41.3 Å². The summed E-state index contributed by atoms with van der Waals surface area (Å²) >= 11 is 0. The molecule has 1 aliphatic rings. The molecule has 5 nitrogen and oxygen atoms in total. The van der Waals surface area contributed by atoms with Gasteiger partial charge in [-0.2, -0.15) is 0 Å². The molecule has 0 fully saturated rings. The first-order chi connectivity index (χ1) is 17.5. The summed E-state index contributed by atoms with van der Waals surface area (Å²) in [6.45, 7) is 2.86. The van der Waals surface area contributed by atoms with Crippen molar-refractivity contribution in [1.82, 2.24) is 5.32 Å². The highest BCUT2D eigenvalue weighted by molar-refractivity contribution is 5.78. The van der Waals surface area contributed by atoms with E-state index in [1.807, 2.05) is 30.3 Å². The summed E-state index contributed by atoms with van der Waals surface area (Å²) in [6, 6.07) is 15.5. The van der Waals surface area contributed by atoms with Crippen LogP contribution in [0.25, 0.3) is 0 Å². The Labute approximate surface area is 214 Å². The fourth-order valence-electron chi connectivity index (χ4n) is 5.37. The number of nitrogens with one attached hydrogen (secondary N) is 1. The fraction of sp³-hybridized carbons (Fsp3) is 0.345. The number of amides is 1. The minimum absolute atomic E-state index is 0.0155. The third-order valence-corrected chi connectivity index (χ3v) is 7.47. The molecule has 1 aliphatic carbocycles. The fourth-order valence-corrected chi connectivity index (χ4v) is 5.37. The number of carbonyl (C=O) groups excluding carboxylic acids is 1. The van der Waals surface area contributed by atoms with Crippen LogP contribution in [0.2, 0.25) is 0 Å². The SMILES string of the molecule is COc1cc(C(C)C2(F)c3ccc(F)cc3C(CC(=O)NCc3ccccc3)C2(C)F)cc(OC)c1O. The molecule has 3 aromatic carbocycles. The second kappa shape index (κ2) is 10.00. The van der Waals surface area contributed by atoms with Crippen LogP contribution in [0.15, 0.2) is 60.7 Å². The Morgan fingerprint density at radius 2 is 1.68 bits per heavy atom. The number of rotatable bonds is 8. The van der Waals surface area contributed by atoms with Gasteiger partial charge in [0.15, 0.2) is 22.8 Å². The summed E-state index contributed by atoms with van der Waals surface area (Å²) in [5.41, 5.74) is -3.94. The maximum Gasteiger partial charge on any atom is 0.221 e. The number of alkyl halides is 2. The van der Waals surface area contributed by atoms with Gasteiger partial charge in [-0.25, -0.2) is 13.2 Å². The van der Waals surface area contributed by atoms with Gasteiger partial charge in [0.1, 0.15) is 5.82 Å². The van der Waals surface area contributed by atoms with Gasteiger partial charge in [-0.1, -0.05) is 43.3 Å². The Bertz CT molecular complexity index is 1270. The molecule has 0 aromatic heterocycles. The molecule has 0 saturated heterocycles. The van der Waals surface area contributed by atoms with Gasteiger partial charge in [-0.3, -0.25) is 4.79 Å². The number of hydrogen-bond donors (Lipinski definition) is 2. The highest BCUT2D eigenvalue weighted by Gasteiger charge is 2.65. The second-order valence-corrected chi connectivity index (χ2v) is 9.53. The molecule has 0 aliphatic heterocycles. The summed E-state index contributed by atoms with van der Waals surface area (Å²) in [5, 5.41) is 13.0. The number of benzene rings is 3. The van der Waals surface area contributed by atoms with E-state index in [4.69, 9.17) is 9.47 Å². The molecule has 1 amide bonds. The van der Waals surface area contributed by atoms with Crippen LogP contribution in [0.3, 0.4) is 0 Å². The smallest absolute Gasteiger partial charge is 0.221 e. The number of halogens is 3. The van der Waals surface area contributed by atoms with Gasteiger partial charge in [0.05, 0.1) is 14.2 Å². The van der Waals surface area contributed by atoms with Crippen molar-refractivity contribution in [2.45, 2.75) is 50.0 Å². The predicted octanol–water partition coefficient (Wildman–Crippen LogP) is 6.05. The largest absolute Gasteiger partial charge is 0.502 e. The van der Waals surface area contributed by atoms with Crippen molar-refractivity contribution in [2.24, 2.45) is 0 Å². The number of hydrogen-bond acceptors (Lipinski definition) is 4. The van der Waals surface area contributed by atoms with E-state index in [0.29, 0.717) is 5.56 Å². The van der Waals surface area contributed by atoms with Crippen molar-refractivity contribution in [2.75, 3.05) is 14.2 Å². The molecule has 0 saturated carbocycles. The second-order valence-electron chi connectivity index (χ2n) is 9.53. The van der Waals surface area contributed by atoms with Crippen LogP contribution in [-0.2, 0) is 17.0 Å². The minimum Gasteiger partial charge on any atom is -0.502 e. The van der Waals surface area contributed by atoms with Gasteiger partial charge >= 0.3 is 0 Å². The van der Waals surface area contributed by atoms with Gasteiger partial charge in [0.25, 0.3) is 0 Å². The Kier molecular flexibility index (Phi) is 7.13. The predicted molar refractivity (Wildman–Crippen MR) is 134 cm³/mol. The van der Waals surface area contributed by atoms with Gasteiger partial charge < -0.3 is 19.9 Å². The lowest BCUT2D eigenvalue weighted by Gasteiger charge is -2.39. The molecule has 37 heavy (non-hydrogen) atoms. The van der Waals surface area contributed by atoms with Crippen LogP contribution >= 0.6 is 0 Å². The first kappa shape index (κ1) is 26.4. The first-order valence-corrected chi connectivity index (χ1v) is 12.0. The highest BCUT2D eigenvalue weighted by atomic mass is 19.2. The summed E-state index contributed by atoms with van der Waals surface area (Å²) in [7, 11) is 2.68. The molecule has 4 unspecified atom stereocenters. The quantitative estimate of drug-likeness (QED) is 0.385. The van der Waals surface area contributed by atoms with Crippen LogP contribution in [0.1, 0.15) is 54.4 Å². The molecule has 2 N–H and O–H groups in total. The molecule has 0 radical (unpaired) electrons. The molecule has 0 bridgehead atoms. The Hall–Kier alpha value is -3.68. The summed E-state index contributed by atoms with van der Waals surface area (Å²) in [5.74, 6) is -3.65. The molecule has 3 aromatic rings. The maximum atomic E-state index is 17.2. The van der Waals surface area contributed by atoms with Gasteiger partial charge in [-0.15, -0.1) is 0 Å². The molecule has 4 atom stereocenters. The van der Waals surface area contributed by atoms with Crippen LogP contribution < -0.4 is 14.8 Å². The normalized spacial score (nSPS) is 23.3. The van der Waals surface area contributed by atoms with E-state index in [0.717, 1.165) is 24.6 Å². The standard InChI is InChI=1S/C29H30F3NO4/c1-17(19-12-24(36-3)27(35)25(13-19)37-4)29(32)22-11-10-20(30)14-21(22)23(28(29,2)31)15-26(34)33-16-18-8-6-5-7-9-18/h5-14,17,23,35H,15-16H2,1-4H3,(H,33,34).